The van der Waals surface area contributed by atoms with Crippen LogP contribution in [-0.4, -0.2) is 54.9 Å². The Labute approximate surface area is 182 Å². The summed E-state index contributed by atoms with van der Waals surface area (Å²) in [6, 6.07) is 13.6. The van der Waals surface area contributed by atoms with Crippen LogP contribution in [0.5, 0.6) is 11.5 Å². The summed E-state index contributed by atoms with van der Waals surface area (Å²) in [5.41, 5.74) is 3.82. The van der Waals surface area contributed by atoms with Crippen molar-refractivity contribution in [2.24, 2.45) is 5.92 Å². The Kier molecular flexibility index (Phi) is 6.52. The van der Waals surface area contributed by atoms with Crippen LogP contribution >= 0.6 is 0 Å². The maximum Gasteiger partial charge on any atom is 0.231 e. The molecule has 3 aromatic rings. The fourth-order valence-corrected chi connectivity index (χ4v) is 3.60. The number of benzene rings is 2. The quantitative estimate of drug-likeness (QED) is 0.545. The monoisotopic (exact) mass is 420 g/mol. The first kappa shape index (κ1) is 20.9. The summed E-state index contributed by atoms with van der Waals surface area (Å²) in [7, 11) is 4.10. The predicted molar refractivity (Wildman–Crippen MR) is 120 cm³/mol. The van der Waals surface area contributed by atoms with Gasteiger partial charge in [-0.15, -0.1) is 0 Å². The minimum absolute atomic E-state index is 0.0426. The van der Waals surface area contributed by atoms with Gasteiger partial charge >= 0.3 is 0 Å². The molecule has 0 bridgehead atoms. The molecule has 0 aliphatic carbocycles. The van der Waals surface area contributed by atoms with E-state index in [2.05, 4.69) is 34.5 Å². The molecule has 0 spiro atoms. The number of fused-ring (bicyclic) bond motifs is 1. The number of rotatable bonds is 8. The summed E-state index contributed by atoms with van der Waals surface area (Å²) in [5.74, 6) is 1.36. The Morgan fingerprint density at radius 1 is 1.23 bits per heavy atom. The topological polar surface area (TPSA) is 79.5 Å². The molecule has 1 atom stereocenters. The van der Waals surface area contributed by atoms with Crippen molar-refractivity contribution >= 4 is 11.6 Å². The number of carbonyl (C=O) groups is 1. The molecule has 0 saturated heterocycles. The highest BCUT2D eigenvalue weighted by molar-refractivity contribution is 5.93. The molecule has 2 heterocycles. The summed E-state index contributed by atoms with van der Waals surface area (Å²) >= 11 is 0. The lowest BCUT2D eigenvalue weighted by Crippen LogP contribution is -2.32. The number of aromatic nitrogens is 2. The second kappa shape index (κ2) is 9.66. The molecule has 2 N–H and O–H groups in total. The number of hydrogen-bond acceptors (Lipinski definition) is 5. The maximum atomic E-state index is 12.8. The van der Waals surface area contributed by atoms with Gasteiger partial charge in [-0.2, -0.15) is 5.10 Å². The third kappa shape index (κ3) is 5.44. The predicted octanol–water partition coefficient (Wildman–Crippen LogP) is 3.60. The van der Waals surface area contributed by atoms with E-state index < -0.39 is 0 Å². The lowest BCUT2D eigenvalue weighted by molar-refractivity contribution is -0.121. The Morgan fingerprint density at radius 2 is 2.06 bits per heavy atom. The van der Waals surface area contributed by atoms with Crippen LogP contribution in [0, 0.1) is 5.92 Å². The molecule has 4 rings (SSSR count). The van der Waals surface area contributed by atoms with Crippen molar-refractivity contribution in [1.82, 2.24) is 15.1 Å². The molecule has 1 aromatic heterocycles. The minimum atomic E-state index is -0.245. The van der Waals surface area contributed by atoms with Crippen molar-refractivity contribution < 1.29 is 14.3 Å². The summed E-state index contributed by atoms with van der Waals surface area (Å²) in [6.07, 6.45) is 5.20. The molecule has 162 valence electrons. The fraction of sp³-hybridized carbons (Fsp3) is 0.333. The van der Waals surface area contributed by atoms with Gasteiger partial charge in [-0.3, -0.25) is 9.89 Å². The zero-order chi connectivity index (χ0) is 21.6. The number of aromatic amines is 1. The van der Waals surface area contributed by atoms with Crippen LogP contribution in [0.2, 0.25) is 0 Å². The van der Waals surface area contributed by atoms with E-state index in [1.54, 1.807) is 6.20 Å². The van der Waals surface area contributed by atoms with Crippen molar-refractivity contribution in [3.05, 3.63) is 60.4 Å². The van der Waals surface area contributed by atoms with E-state index in [0.29, 0.717) is 19.6 Å². The number of hydrogen-bond donors (Lipinski definition) is 2. The Morgan fingerprint density at radius 3 is 2.81 bits per heavy atom. The van der Waals surface area contributed by atoms with Crippen LogP contribution in [0.25, 0.3) is 11.1 Å². The molecule has 1 unspecified atom stereocenters. The molecule has 7 nitrogen and oxygen atoms in total. The average molecular weight is 421 g/mol. The Hall–Kier alpha value is -3.32. The maximum absolute atomic E-state index is 12.8. The van der Waals surface area contributed by atoms with Gasteiger partial charge in [-0.1, -0.05) is 12.1 Å². The van der Waals surface area contributed by atoms with Crippen LogP contribution in [-0.2, 0) is 11.2 Å². The van der Waals surface area contributed by atoms with Gasteiger partial charge in [0, 0.05) is 24.0 Å². The number of amides is 1. The Bertz CT molecular complexity index is 1000. The average Bonchev–Trinajstić information content (AvgIpc) is 3.31. The fourth-order valence-electron chi connectivity index (χ4n) is 3.60. The van der Waals surface area contributed by atoms with E-state index in [1.165, 1.54) is 0 Å². The first-order valence-corrected chi connectivity index (χ1v) is 10.5. The van der Waals surface area contributed by atoms with Crippen molar-refractivity contribution in [2.45, 2.75) is 12.8 Å². The zero-order valence-corrected chi connectivity index (χ0v) is 17.9. The van der Waals surface area contributed by atoms with E-state index in [4.69, 9.17) is 9.47 Å². The van der Waals surface area contributed by atoms with E-state index in [-0.39, 0.29) is 11.8 Å². The third-order valence-electron chi connectivity index (χ3n) is 5.31. The molecular weight excluding hydrogens is 392 g/mol. The smallest absolute Gasteiger partial charge is 0.231 e. The van der Waals surface area contributed by atoms with Gasteiger partial charge in [0.25, 0.3) is 0 Å². The molecule has 0 fully saturated rings. The molecule has 1 amide bonds. The van der Waals surface area contributed by atoms with E-state index in [9.17, 15) is 4.79 Å². The van der Waals surface area contributed by atoms with Crippen LogP contribution in [0.1, 0.15) is 12.0 Å². The van der Waals surface area contributed by atoms with Crippen LogP contribution in [0.15, 0.2) is 54.9 Å². The van der Waals surface area contributed by atoms with Crippen molar-refractivity contribution in [3.8, 4) is 22.6 Å². The molecule has 0 saturated carbocycles. The second-order valence-corrected chi connectivity index (χ2v) is 8.04. The van der Waals surface area contributed by atoms with Crippen molar-refractivity contribution in [2.75, 3.05) is 39.2 Å². The normalized spacial score (nSPS) is 15.3. The highest BCUT2D eigenvalue weighted by atomic mass is 16.5. The SMILES string of the molecule is CN(C)CCCOc1ccc2c(c1)CC(C(=O)Nc1ccc(-c3cn[nH]c3)cc1)CO2. The molecule has 2 aromatic carbocycles. The van der Waals surface area contributed by atoms with E-state index in [1.807, 2.05) is 48.7 Å². The summed E-state index contributed by atoms with van der Waals surface area (Å²) < 4.78 is 11.7. The van der Waals surface area contributed by atoms with Crippen LogP contribution in [0.4, 0.5) is 5.69 Å². The third-order valence-corrected chi connectivity index (χ3v) is 5.31. The van der Waals surface area contributed by atoms with Gasteiger partial charge in [-0.05, 0) is 68.4 Å². The molecule has 1 aliphatic rings. The standard InChI is InChI=1S/C24H28N4O3/c1-28(2)10-3-11-30-22-8-9-23-18(13-22)12-19(16-31-23)24(29)27-21-6-4-17(5-7-21)20-14-25-26-15-20/h4-9,13-15,19H,3,10-12,16H2,1-2H3,(H,25,26)(H,27,29). The van der Waals surface area contributed by atoms with E-state index >= 15 is 0 Å². The lowest BCUT2D eigenvalue weighted by Gasteiger charge is -2.25. The number of anilines is 1. The van der Waals surface area contributed by atoms with E-state index in [0.717, 1.165) is 46.8 Å². The van der Waals surface area contributed by atoms with Crippen LogP contribution < -0.4 is 14.8 Å². The molecule has 31 heavy (non-hydrogen) atoms. The summed E-state index contributed by atoms with van der Waals surface area (Å²) in [5, 5.41) is 9.77. The Balaban J connectivity index is 1.34. The molecule has 7 heteroatoms. The van der Waals surface area contributed by atoms with Crippen molar-refractivity contribution in [1.29, 1.82) is 0 Å². The highest BCUT2D eigenvalue weighted by Crippen LogP contribution is 2.31. The van der Waals surface area contributed by atoms with Gasteiger partial charge in [0.05, 0.1) is 18.7 Å². The van der Waals surface area contributed by atoms with Crippen molar-refractivity contribution in [3.63, 3.8) is 0 Å². The van der Waals surface area contributed by atoms with Crippen LogP contribution in [0.3, 0.4) is 0 Å². The first-order chi connectivity index (χ1) is 15.1. The number of nitrogens with zero attached hydrogens (tertiary/aromatic N) is 2. The van der Waals surface area contributed by atoms with Gasteiger partial charge in [-0.25, -0.2) is 0 Å². The largest absolute Gasteiger partial charge is 0.494 e. The van der Waals surface area contributed by atoms with Gasteiger partial charge in [0.1, 0.15) is 18.1 Å². The van der Waals surface area contributed by atoms with Gasteiger partial charge < -0.3 is 19.7 Å². The highest BCUT2D eigenvalue weighted by Gasteiger charge is 2.26. The molecule has 0 radical (unpaired) electrons. The first-order valence-electron chi connectivity index (χ1n) is 10.5. The van der Waals surface area contributed by atoms with Gasteiger partial charge in [0.2, 0.25) is 5.91 Å². The number of carbonyl (C=O) groups excluding carboxylic acids is 1. The molecule has 1 aliphatic heterocycles. The van der Waals surface area contributed by atoms with Gasteiger partial charge in [0.15, 0.2) is 0 Å². The summed E-state index contributed by atoms with van der Waals surface area (Å²) in [4.78, 5) is 14.9. The minimum Gasteiger partial charge on any atom is -0.494 e. The zero-order valence-electron chi connectivity index (χ0n) is 17.9. The number of nitrogens with one attached hydrogen (secondary N) is 2. The molecular formula is C24H28N4O3. The summed E-state index contributed by atoms with van der Waals surface area (Å²) in [6.45, 7) is 2.02. The number of ether oxygens (including phenoxy) is 2. The second-order valence-electron chi connectivity index (χ2n) is 8.04. The lowest BCUT2D eigenvalue weighted by atomic mass is 9.95. The number of H-pyrrole nitrogens is 1.